The zero-order valence-electron chi connectivity index (χ0n) is 13.0. The molecule has 0 saturated carbocycles. The Morgan fingerprint density at radius 3 is 2.74 bits per heavy atom. The predicted molar refractivity (Wildman–Crippen MR) is 79.1 cm³/mol. The lowest BCUT2D eigenvalue weighted by Crippen LogP contribution is -2.35. The van der Waals surface area contributed by atoms with Gasteiger partial charge < -0.3 is 9.73 Å². The van der Waals surface area contributed by atoms with E-state index in [9.17, 15) is 0 Å². The highest BCUT2D eigenvalue weighted by Gasteiger charge is 2.20. The summed E-state index contributed by atoms with van der Waals surface area (Å²) in [6, 6.07) is 2.20. The quantitative estimate of drug-likeness (QED) is 0.904. The lowest BCUT2D eigenvalue weighted by atomic mass is 10.1. The zero-order valence-corrected chi connectivity index (χ0v) is 13.0. The number of hydrogen-bond acceptors (Lipinski definition) is 3. The second-order valence-corrected chi connectivity index (χ2v) is 7.05. The molecule has 0 aromatic carbocycles. The maximum atomic E-state index is 6.00. The van der Waals surface area contributed by atoms with Gasteiger partial charge in [0.05, 0.1) is 13.1 Å². The summed E-state index contributed by atoms with van der Waals surface area (Å²) in [5.74, 6) is 3.02. The van der Waals surface area contributed by atoms with E-state index in [-0.39, 0.29) is 5.54 Å². The fraction of sp³-hybridized carbons (Fsp3) is 0.750. The highest BCUT2D eigenvalue weighted by atomic mass is 16.3. The Kier molecular flexibility index (Phi) is 4.36. The van der Waals surface area contributed by atoms with Gasteiger partial charge in [0.15, 0.2) is 0 Å². The van der Waals surface area contributed by atoms with Gasteiger partial charge in [-0.3, -0.25) is 4.90 Å². The fourth-order valence-electron chi connectivity index (χ4n) is 2.58. The SMILES string of the molecule is Cc1cc(CN2CCC(C)C2)oc1CNC(C)(C)C. The first-order valence-electron chi connectivity index (χ1n) is 7.39. The van der Waals surface area contributed by atoms with E-state index in [0.717, 1.165) is 30.5 Å². The highest BCUT2D eigenvalue weighted by molar-refractivity contribution is 5.20. The molecule has 1 aromatic heterocycles. The van der Waals surface area contributed by atoms with Crippen molar-refractivity contribution in [2.45, 2.75) is 59.7 Å². The van der Waals surface area contributed by atoms with Crippen molar-refractivity contribution in [1.29, 1.82) is 0 Å². The zero-order chi connectivity index (χ0) is 14.0. The molecule has 3 nitrogen and oxygen atoms in total. The molecule has 0 spiro atoms. The third-order valence-electron chi connectivity index (χ3n) is 3.74. The van der Waals surface area contributed by atoms with Gasteiger partial charge in [-0.2, -0.15) is 0 Å². The summed E-state index contributed by atoms with van der Waals surface area (Å²) < 4.78 is 6.00. The summed E-state index contributed by atoms with van der Waals surface area (Å²) in [5.41, 5.74) is 1.39. The van der Waals surface area contributed by atoms with Crippen LogP contribution in [0.15, 0.2) is 10.5 Å². The molecular weight excluding hydrogens is 236 g/mol. The molecule has 1 fully saturated rings. The molecule has 0 amide bonds. The van der Waals surface area contributed by atoms with Gasteiger partial charge in [-0.05, 0) is 58.2 Å². The van der Waals surface area contributed by atoms with E-state index in [0.29, 0.717) is 0 Å². The number of aryl methyl sites for hydroxylation is 1. The maximum absolute atomic E-state index is 6.00. The highest BCUT2D eigenvalue weighted by Crippen LogP contribution is 2.21. The summed E-state index contributed by atoms with van der Waals surface area (Å²) in [6.45, 7) is 15.2. The van der Waals surface area contributed by atoms with Gasteiger partial charge in [-0.1, -0.05) is 6.92 Å². The van der Waals surface area contributed by atoms with Crippen molar-refractivity contribution in [3.05, 3.63) is 23.2 Å². The van der Waals surface area contributed by atoms with Crippen molar-refractivity contribution < 1.29 is 4.42 Å². The Labute approximate surface area is 117 Å². The normalized spacial score (nSPS) is 21.2. The molecule has 1 saturated heterocycles. The van der Waals surface area contributed by atoms with Crippen LogP contribution in [0.1, 0.15) is 51.2 Å². The number of hydrogen-bond donors (Lipinski definition) is 1. The Bertz CT molecular complexity index is 417. The molecular formula is C16H28N2O. The van der Waals surface area contributed by atoms with Crippen LogP contribution in [0.2, 0.25) is 0 Å². The largest absolute Gasteiger partial charge is 0.463 e. The van der Waals surface area contributed by atoms with Gasteiger partial charge in [0.2, 0.25) is 0 Å². The third kappa shape index (κ3) is 4.36. The van der Waals surface area contributed by atoms with E-state index in [1.54, 1.807) is 0 Å². The van der Waals surface area contributed by atoms with Crippen molar-refractivity contribution in [2.75, 3.05) is 13.1 Å². The molecule has 1 aromatic rings. The van der Waals surface area contributed by atoms with Gasteiger partial charge in [-0.15, -0.1) is 0 Å². The second-order valence-electron chi connectivity index (χ2n) is 7.05. The van der Waals surface area contributed by atoms with Crippen molar-refractivity contribution >= 4 is 0 Å². The molecule has 1 aliphatic rings. The van der Waals surface area contributed by atoms with Gasteiger partial charge in [0, 0.05) is 12.1 Å². The van der Waals surface area contributed by atoms with Gasteiger partial charge in [0.25, 0.3) is 0 Å². The van der Waals surface area contributed by atoms with E-state index in [1.807, 2.05) is 0 Å². The van der Waals surface area contributed by atoms with Crippen molar-refractivity contribution in [3.8, 4) is 0 Å². The standard InChI is InChI=1S/C16H28N2O/c1-12-6-7-18(10-12)11-14-8-13(2)15(19-14)9-17-16(3,4)5/h8,12,17H,6-7,9-11H2,1-5H3. The molecule has 0 aliphatic carbocycles. The summed E-state index contributed by atoms with van der Waals surface area (Å²) >= 11 is 0. The molecule has 1 unspecified atom stereocenters. The average Bonchev–Trinajstić information content (AvgIpc) is 2.82. The second kappa shape index (κ2) is 5.68. The van der Waals surface area contributed by atoms with E-state index in [4.69, 9.17) is 4.42 Å². The first kappa shape index (κ1) is 14.6. The van der Waals surface area contributed by atoms with Crippen molar-refractivity contribution in [1.82, 2.24) is 10.2 Å². The van der Waals surface area contributed by atoms with Crippen LogP contribution in [0.3, 0.4) is 0 Å². The molecule has 2 heterocycles. The summed E-state index contributed by atoms with van der Waals surface area (Å²) in [4.78, 5) is 2.49. The van der Waals surface area contributed by atoms with Crippen LogP contribution in [0.25, 0.3) is 0 Å². The first-order chi connectivity index (χ1) is 8.83. The lowest BCUT2D eigenvalue weighted by molar-refractivity contribution is 0.281. The molecule has 1 aliphatic heterocycles. The summed E-state index contributed by atoms with van der Waals surface area (Å²) in [5, 5.41) is 3.49. The van der Waals surface area contributed by atoms with Crippen LogP contribution < -0.4 is 5.32 Å². The van der Waals surface area contributed by atoms with Crippen LogP contribution >= 0.6 is 0 Å². The maximum Gasteiger partial charge on any atom is 0.120 e. The van der Waals surface area contributed by atoms with Crippen molar-refractivity contribution in [3.63, 3.8) is 0 Å². The van der Waals surface area contributed by atoms with Crippen molar-refractivity contribution in [2.24, 2.45) is 5.92 Å². The van der Waals surface area contributed by atoms with E-state index in [1.165, 1.54) is 25.1 Å². The summed E-state index contributed by atoms with van der Waals surface area (Å²) in [6.07, 6.45) is 1.32. The molecule has 19 heavy (non-hydrogen) atoms. The predicted octanol–water partition coefficient (Wildman–Crippen LogP) is 3.32. The molecule has 0 bridgehead atoms. The van der Waals surface area contributed by atoms with Gasteiger partial charge in [-0.25, -0.2) is 0 Å². The molecule has 108 valence electrons. The van der Waals surface area contributed by atoms with Crippen LogP contribution in [0.5, 0.6) is 0 Å². The Balaban J connectivity index is 1.92. The van der Waals surface area contributed by atoms with Crippen LogP contribution in [-0.2, 0) is 13.1 Å². The minimum Gasteiger partial charge on any atom is -0.463 e. The summed E-state index contributed by atoms with van der Waals surface area (Å²) in [7, 11) is 0. The Hall–Kier alpha value is -0.800. The molecule has 1 atom stereocenters. The monoisotopic (exact) mass is 264 g/mol. The number of rotatable bonds is 4. The molecule has 3 heteroatoms. The van der Waals surface area contributed by atoms with Crippen LogP contribution in [0, 0.1) is 12.8 Å². The number of likely N-dealkylation sites (tertiary alicyclic amines) is 1. The van der Waals surface area contributed by atoms with E-state index < -0.39 is 0 Å². The van der Waals surface area contributed by atoms with Gasteiger partial charge >= 0.3 is 0 Å². The number of nitrogens with zero attached hydrogens (tertiary/aromatic N) is 1. The van der Waals surface area contributed by atoms with E-state index >= 15 is 0 Å². The minimum atomic E-state index is 0.129. The van der Waals surface area contributed by atoms with Crippen LogP contribution in [0.4, 0.5) is 0 Å². The van der Waals surface area contributed by atoms with Gasteiger partial charge in [0.1, 0.15) is 11.5 Å². The Morgan fingerprint density at radius 1 is 1.42 bits per heavy atom. The third-order valence-corrected chi connectivity index (χ3v) is 3.74. The smallest absolute Gasteiger partial charge is 0.120 e. The average molecular weight is 264 g/mol. The van der Waals surface area contributed by atoms with E-state index in [2.05, 4.69) is 50.9 Å². The lowest BCUT2D eigenvalue weighted by Gasteiger charge is -2.19. The number of furan rings is 1. The molecule has 2 rings (SSSR count). The topological polar surface area (TPSA) is 28.4 Å². The minimum absolute atomic E-state index is 0.129. The molecule has 0 radical (unpaired) electrons. The number of nitrogens with one attached hydrogen (secondary N) is 1. The first-order valence-corrected chi connectivity index (χ1v) is 7.39. The Morgan fingerprint density at radius 2 is 2.16 bits per heavy atom. The van der Waals surface area contributed by atoms with Crippen LogP contribution in [-0.4, -0.2) is 23.5 Å². The fourth-order valence-corrected chi connectivity index (χ4v) is 2.58. The molecule has 1 N–H and O–H groups in total.